The highest BCUT2D eigenvalue weighted by Gasteiger charge is 2.17. The number of nitrogens with zero attached hydrogens (tertiary/aromatic N) is 3. The topological polar surface area (TPSA) is 93.5 Å². The van der Waals surface area contributed by atoms with Crippen LogP contribution in [0.5, 0.6) is 0 Å². The first-order chi connectivity index (χ1) is 11.4. The zero-order chi connectivity index (χ0) is 17.4. The van der Waals surface area contributed by atoms with Crippen LogP contribution in [0.15, 0.2) is 30.6 Å². The van der Waals surface area contributed by atoms with Crippen LogP contribution in [0.4, 0.5) is 0 Å². The SMILES string of the molecule is Cc1cc(C)c(-c2ccc(C[C@H](N)C(=O)O)n3ccnc23)nc1C. The summed E-state index contributed by atoms with van der Waals surface area (Å²) in [6.07, 6.45) is 3.76. The number of carboxylic acid groups (broad SMARTS) is 1. The molecule has 3 rings (SSSR count). The number of carbonyl (C=O) groups is 1. The Morgan fingerprint density at radius 1 is 1.29 bits per heavy atom. The lowest BCUT2D eigenvalue weighted by atomic mass is 10.0. The monoisotopic (exact) mass is 324 g/mol. The van der Waals surface area contributed by atoms with Crippen molar-refractivity contribution in [2.24, 2.45) is 5.73 Å². The van der Waals surface area contributed by atoms with Crippen LogP contribution in [-0.4, -0.2) is 31.5 Å². The lowest BCUT2D eigenvalue weighted by Crippen LogP contribution is -2.32. The number of rotatable bonds is 4. The summed E-state index contributed by atoms with van der Waals surface area (Å²) in [5.74, 6) is -1.01. The summed E-state index contributed by atoms with van der Waals surface area (Å²) in [4.78, 5) is 20.2. The van der Waals surface area contributed by atoms with Crippen molar-refractivity contribution in [3.63, 3.8) is 0 Å². The number of hydrogen-bond acceptors (Lipinski definition) is 4. The number of hydrogen-bond donors (Lipinski definition) is 2. The van der Waals surface area contributed by atoms with E-state index in [4.69, 9.17) is 15.8 Å². The molecule has 3 aromatic rings. The van der Waals surface area contributed by atoms with Crippen LogP contribution < -0.4 is 5.73 Å². The Kier molecular flexibility index (Phi) is 4.07. The van der Waals surface area contributed by atoms with E-state index in [2.05, 4.69) is 11.1 Å². The van der Waals surface area contributed by atoms with E-state index in [1.807, 2.05) is 43.5 Å². The summed E-state index contributed by atoms with van der Waals surface area (Å²) in [7, 11) is 0. The molecule has 0 saturated carbocycles. The van der Waals surface area contributed by atoms with Gasteiger partial charge in [0.15, 0.2) is 0 Å². The van der Waals surface area contributed by atoms with Gasteiger partial charge in [-0.3, -0.25) is 9.78 Å². The van der Waals surface area contributed by atoms with Gasteiger partial charge in [0.1, 0.15) is 11.7 Å². The highest BCUT2D eigenvalue weighted by Crippen LogP contribution is 2.27. The Bertz CT molecular complexity index is 930. The minimum absolute atomic E-state index is 0.238. The Morgan fingerprint density at radius 2 is 2.04 bits per heavy atom. The Morgan fingerprint density at radius 3 is 2.75 bits per heavy atom. The predicted octanol–water partition coefficient (Wildman–Crippen LogP) is 2.28. The summed E-state index contributed by atoms with van der Waals surface area (Å²) in [5.41, 5.74) is 12.3. The third kappa shape index (κ3) is 2.76. The lowest BCUT2D eigenvalue weighted by Gasteiger charge is -2.13. The zero-order valence-electron chi connectivity index (χ0n) is 13.9. The molecule has 0 aliphatic heterocycles. The summed E-state index contributed by atoms with van der Waals surface area (Å²) in [5, 5.41) is 9.03. The van der Waals surface area contributed by atoms with Gasteiger partial charge in [0.05, 0.1) is 5.69 Å². The van der Waals surface area contributed by atoms with Crippen molar-refractivity contribution in [2.75, 3.05) is 0 Å². The van der Waals surface area contributed by atoms with E-state index in [1.54, 1.807) is 6.20 Å². The first-order valence-corrected chi connectivity index (χ1v) is 7.77. The highest BCUT2D eigenvalue weighted by molar-refractivity contribution is 5.78. The maximum Gasteiger partial charge on any atom is 0.320 e. The summed E-state index contributed by atoms with van der Waals surface area (Å²) in [6.45, 7) is 6.06. The maximum absolute atomic E-state index is 11.0. The van der Waals surface area contributed by atoms with Gasteiger partial charge in [-0.05, 0) is 44.0 Å². The van der Waals surface area contributed by atoms with Crippen molar-refractivity contribution in [3.8, 4) is 11.3 Å². The number of carboxylic acids is 1. The molecule has 0 aliphatic carbocycles. The molecule has 6 nitrogen and oxygen atoms in total. The van der Waals surface area contributed by atoms with E-state index < -0.39 is 12.0 Å². The molecule has 0 unspecified atom stereocenters. The van der Waals surface area contributed by atoms with Gasteiger partial charge in [-0.25, -0.2) is 4.98 Å². The Hall–Kier alpha value is -2.73. The second kappa shape index (κ2) is 6.05. The molecule has 3 aromatic heterocycles. The third-order valence-corrected chi connectivity index (χ3v) is 4.29. The van der Waals surface area contributed by atoms with Crippen molar-refractivity contribution in [1.29, 1.82) is 0 Å². The molecule has 0 spiro atoms. The van der Waals surface area contributed by atoms with E-state index in [0.717, 1.165) is 39.4 Å². The smallest absolute Gasteiger partial charge is 0.320 e. The largest absolute Gasteiger partial charge is 0.480 e. The number of pyridine rings is 2. The fourth-order valence-corrected chi connectivity index (χ4v) is 2.85. The minimum Gasteiger partial charge on any atom is -0.480 e. The van der Waals surface area contributed by atoms with Crippen molar-refractivity contribution in [3.05, 3.63) is 53.1 Å². The molecule has 0 radical (unpaired) electrons. The van der Waals surface area contributed by atoms with E-state index in [-0.39, 0.29) is 6.42 Å². The van der Waals surface area contributed by atoms with Crippen molar-refractivity contribution in [2.45, 2.75) is 33.2 Å². The molecule has 0 amide bonds. The Labute approximate surface area is 140 Å². The molecule has 0 bridgehead atoms. The van der Waals surface area contributed by atoms with E-state index >= 15 is 0 Å². The molecule has 24 heavy (non-hydrogen) atoms. The number of aryl methyl sites for hydroxylation is 3. The van der Waals surface area contributed by atoms with Gasteiger partial charge in [-0.15, -0.1) is 0 Å². The maximum atomic E-state index is 11.0. The summed E-state index contributed by atoms with van der Waals surface area (Å²) < 4.78 is 1.88. The first-order valence-electron chi connectivity index (χ1n) is 7.77. The highest BCUT2D eigenvalue weighted by atomic mass is 16.4. The quantitative estimate of drug-likeness (QED) is 0.768. The van der Waals surface area contributed by atoms with Gasteiger partial charge < -0.3 is 15.2 Å². The van der Waals surface area contributed by atoms with Crippen molar-refractivity contribution in [1.82, 2.24) is 14.4 Å². The van der Waals surface area contributed by atoms with Gasteiger partial charge in [-0.1, -0.05) is 6.07 Å². The zero-order valence-corrected chi connectivity index (χ0v) is 13.9. The average molecular weight is 324 g/mol. The van der Waals surface area contributed by atoms with Gasteiger partial charge in [0, 0.05) is 35.8 Å². The van der Waals surface area contributed by atoms with Crippen LogP contribution >= 0.6 is 0 Å². The molecule has 6 heteroatoms. The lowest BCUT2D eigenvalue weighted by molar-refractivity contribution is -0.138. The summed E-state index contributed by atoms with van der Waals surface area (Å²) >= 11 is 0. The molecule has 0 aromatic carbocycles. The number of aliphatic carboxylic acids is 1. The molecule has 0 fully saturated rings. The normalized spacial score (nSPS) is 12.5. The average Bonchev–Trinajstić information content (AvgIpc) is 3.01. The van der Waals surface area contributed by atoms with Crippen LogP contribution in [-0.2, 0) is 11.2 Å². The van der Waals surface area contributed by atoms with E-state index in [9.17, 15) is 4.79 Å². The number of nitrogens with two attached hydrogens (primary N) is 1. The van der Waals surface area contributed by atoms with Crippen LogP contribution in [0.25, 0.3) is 16.9 Å². The van der Waals surface area contributed by atoms with E-state index in [0.29, 0.717) is 0 Å². The molecule has 0 saturated heterocycles. The molecule has 0 aliphatic rings. The van der Waals surface area contributed by atoms with Crippen LogP contribution in [0.1, 0.15) is 22.5 Å². The Balaban J connectivity index is 2.14. The molecular weight excluding hydrogens is 304 g/mol. The fraction of sp³-hybridized carbons (Fsp3) is 0.278. The number of aromatic nitrogens is 3. The second-order valence-electron chi connectivity index (χ2n) is 6.06. The standard InChI is InChI=1S/C18H20N4O2/c1-10-8-11(2)16(21-12(10)3)14-5-4-13(9-15(19)18(23)24)22-7-6-20-17(14)22/h4-8,15H,9,19H2,1-3H3,(H,23,24)/t15-/m0/s1. The van der Waals surface area contributed by atoms with Gasteiger partial charge in [0.2, 0.25) is 0 Å². The molecule has 3 N–H and O–H groups in total. The molecule has 124 valence electrons. The third-order valence-electron chi connectivity index (χ3n) is 4.29. The predicted molar refractivity (Wildman–Crippen MR) is 91.9 cm³/mol. The second-order valence-corrected chi connectivity index (χ2v) is 6.06. The van der Waals surface area contributed by atoms with Crippen molar-refractivity contribution >= 4 is 11.6 Å². The van der Waals surface area contributed by atoms with Crippen LogP contribution in [0, 0.1) is 20.8 Å². The van der Waals surface area contributed by atoms with Crippen molar-refractivity contribution < 1.29 is 9.90 Å². The summed E-state index contributed by atoms with van der Waals surface area (Å²) in [6, 6.07) is 5.01. The van der Waals surface area contributed by atoms with Crippen LogP contribution in [0.3, 0.4) is 0 Å². The molecular formula is C18H20N4O2. The van der Waals surface area contributed by atoms with Gasteiger partial charge in [0.25, 0.3) is 0 Å². The number of imidazole rings is 1. The minimum atomic E-state index is -1.01. The first kappa shape index (κ1) is 16.1. The van der Waals surface area contributed by atoms with Gasteiger partial charge in [-0.2, -0.15) is 0 Å². The molecule has 1 atom stereocenters. The van der Waals surface area contributed by atoms with Gasteiger partial charge >= 0.3 is 5.97 Å². The van der Waals surface area contributed by atoms with E-state index in [1.165, 1.54) is 0 Å². The molecule has 3 heterocycles. The number of fused-ring (bicyclic) bond motifs is 1. The van der Waals surface area contributed by atoms with Crippen LogP contribution in [0.2, 0.25) is 0 Å². The fourth-order valence-electron chi connectivity index (χ4n) is 2.85.